The van der Waals surface area contributed by atoms with E-state index in [2.05, 4.69) is 32.2 Å². The molecule has 0 saturated heterocycles. The van der Waals surface area contributed by atoms with Gasteiger partial charge in [0.25, 0.3) is 0 Å². The minimum absolute atomic E-state index is 0.685. The SMILES string of the molecule is CCC1CCC(NCc2ccc(Cl)cc2C)C1C. The van der Waals surface area contributed by atoms with E-state index in [1.165, 1.54) is 30.4 Å². The van der Waals surface area contributed by atoms with Crippen molar-refractivity contribution in [2.45, 2.75) is 52.6 Å². The number of hydrogen-bond donors (Lipinski definition) is 1. The maximum absolute atomic E-state index is 5.98. The summed E-state index contributed by atoms with van der Waals surface area (Å²) in [5.41, 5.74) is 2.65. The van der Waals surface area contributed by atoms with E-state index in [0.717, 1.165) is 23.4 Å². The third kappa shape index (κ3) is 3.07. The predicted octanol–water partition coefficient (Wildman–Crippen LogP) is 4.56. The highest BCUT2D eigenvalue weighted by atomic mass is 35.5. The van der Waals surface area contributed by atoms with Crippen molar-refractivity contribution in [1.82, 2.24) is 5.32 Å². The molecule has 1 aliphatic carbocycles. The maximum atomic E-state index is 5.98. The number of hydrogen-bond acceptors (Lipinski definition) is 1. The van der Waals surface area contributed by atoms with Crippen LogP contribution in [0.5, 0.6) is 0 Å². The van der Waals surface area contributed by atoms with Crippen LogP contribution in [-0.4, -0.2) is 6.04 Å². The van der Waals surface area contributed by atoms with Crippen LogP contribution in [0.2, 0.25) is 5.02 Å². The second-order valence-corrected chi connectivity index (χ2v) is 6.10. The molecule has 100 valence electrons. The zero-order valence-corrected chi connectivity index (χ0v) is 12.4. The molecule has 1 aromatic rings. The van der Waals surface area contributed by atoms with Crippen LogP contribution in [0.4, 0.5) is 0 Å². The van der Waals surface area contributed by atoms with E-state index >= 15 is 0 Å². The largest absolute Gasteiger partial charge is 0.310 e. The molecule has 0 spiro atoms. The van der Waals surface area contributed by atoms with Gasteiger partial charge in [-0.3, -0.25) is 0 Å². The molecule has 0 bridgehead atoms. The van der Waals surface area contributed by atoms with Crippen molar-refractivity contribution in [1.29, 1.82) is 0 Å². The van der Waals surface area contributed by atoms with Crippen molar-refractivity contribution in [3.63, 3.8) is 0 Å². The number of benzene rings is 1. The third-order valence-electron chi connectivity index (χ3n) is 4.61. The number of halogens is 1. The lowest BCUT2D eigenvalue weighted by Crippen LogP contribution is -2.32. The van der Waals surface area contributed by atoms with Gasteiger partial charge in [-0.15, -0.1) is 0 Å². The Balaban J connectivity index is 1.92. The molecular weight excluding hydrogens is 242 g/mol. The first-order valence-corrected chi connectivity index (χ1v) is 7.48. The van der Waals surface area contributed by atoms with Gasteiger partial charge in [-0.2, -0.15) is 0 Å². The van der Waals surface area contributed by atoms with Crippen molar-refractivity contribution in [3.05, 3.63) is 34.3 Å². The number of nitrogens with one attached hydrogen (secondary N) is 1. The molecule has 1 nitrogen and oxygen atoms in total. The first-order chi connectivity index (χ1) is 8.61. The fourth-order valence-corrected chi connectivity index (χ4v) is 3.44. The van der Waals surface area contributed by atoms with Crippen LogP contribution in [0.3, 0.4) is 0 Å². The molecule has 1 aliphatic rings. The lowest BCUT2D eigenvalue weighted by molar-refractivity contribution is 0.344. The monoisotopic (exact) mass is 265 g/mol. The second kappa shape index (κ2) is 6.08. The molecular formula is C16H24ClN. The van der Waals surface area contributed by atoms with Gasteiger partial charge in [-0.25, -0.2) is 0 Å². The summed E-state index contributed by atoms with van der Waals surface area (Å²) in [6, 6.07) is 6.86. The van der Waals surface area contributed by atoms with Crippen LogP contribution in [0.1, 0.15) is 44.2 Å². The van der Waals surface area contributed by atoms with E-state index in [-0.39, 0.29) is 0 Å². The average molecular weight is 266 g/mol. The molecule has 0 heterocycles. The molecule has 1 saturated carbocycles. The molecule has 3 unspecified atom stereocenters. The van der Waals surface area contributed by atoms with Crippen LogP contribution in [-0.2, 0) is 6.54 Å². The molecule has 0 aliphatic heterocycles. The Morgan fingerprint density at radius 3 is 2.72 bits per heavy atom. The molecule has 3 atom stereocenters. The Bertz CT molecular complexity index is 402. The molecule has 1 aromatic carbocycles. The van der Waals surface area contributed by atoms with Gasteiger partial charge < -0.3 is 5.32 Å². The zero-order valence-electron chi connectivity index (χ0n) is 11.7. The third-order valence-corrected chi connectivity index (χ3v) is 4.85. The highest BCUT2D eigenvalue weighted by Crippen LogP contribution is 2.34. The summed E-state index contributed by atoms with van der Waals surface area (Å²) in [6.07, 6.45) is 4.03. The first-order valence-electron chi connectivity index (χ1n) is 7.10. The quantitative estimate of drug-likeness (QED) is 0.841. The highest BCUT2D eigenvalue weighted by molar-refractivity contribution is 6.30. The lowest BCUT2D eigenvalue weighted by atomic mass is 9.93. The van der Waals surface area contributed by atoms with E-state index in [1.807, 2.05) is 12.1 Å². The van der Waals surface area contributed by atoms with E-state index in [1.54, 1.807) is 0 Å². The van der Waals surface area contributed by atoms with Gasteiger partial charge in [0.05, 0.1) is 0 Å². The Morgan fingerprint density at radius 2 is 2.11 bits per heavy atom. The Labute approximate surface area is 116 Å². The molecule has 1 N–H and O–H groups in total. The summed E-state index contributed by atoms with van der Waals surface area (Å²) >= 11 is 5.98. The van der Waals surface area contributed by atoms with E-state index in [4.69, 9.17) is 11.6 Å². The van der Waals surface area contributed by atoms with Gasteiger partial charge in [0, 0.05) is 17.6 Å². The molecule has 0 aromatic heterocycles. The summed E-state index contributed by atoms with van der Waals surface area (Å²) in [5.74, 6) is 1.72. The number of rotatable bonds is 4. The van der Waals surface area contributed by atoms with Crippen molar-refractivity contribution in [2.24, 2.45) is 11.8 Å². The minimum Gasteiger partial charge on any atom is -0.310 e. The van der Waals surface area contributed by atoms with Gasteiger partial charge in [0.2, 0.25) is 0 Å². The summed E-state index contributed by atoms with van der Waals surface area (Å²) in [5, 5.41) is 4.56. The summed E-state index contributed by atoms with van der Waals surface area (Å²) < 4.78 is 0. The Hall–Kier alpha value is -0.530. The highest BCUT2D eigenvalue weighted by Gasteiger charge is 2.30. The topological polar surface area (TPSA) is 12.0 Å². The zero-order chi connectivity index (χ0) is 13.1. The van der Waals surface area contributed by atoms with Crippen LogP contribution >= 0.6 is 11.6 Å². The normalized spacial score (nSPS) is 27.7. The Morgan fingerprint density at radius 1 is 1.33 bits per heavy atom. The molecule has 2 rings (SSSR count). The van der Waals surface area contributed by atoms with Crippen LogP contribution in [0.15, 0.2) is 18.2 Å². The lowest BCUT2D eigenvalue weighted by Gasteiger charge is -2.21. The summed E-state index contributed by atoms with van der Waals surface area (Å²) in [4.78, 5) is 0. The van der Waals surface area contributed by atoms with Gasteiger partial charge >= 0.3 is 0 Å². The maximum Gasteiger partial charge on any atom is 0.0408 e. The summed E-state index contributed by atoms with van der Waals surface area (Å²) in [7, 11) is 0. The van der Waals surface area contributed by atoms with Crippen molar-refractivity contribution in [3.8, 4) is 0 Å². The van der Waals surface area contributed by atoms with E-state index in [9.17, 15) is 0 Å². The molecule has 2 heteroatoms. The molecule has 0 amide bonds. The molecule has 1 fully saturated rings. The van der Waals surface area contributed by atoms with Gasteiger partial charge in [-0.05, 0) is 54.9 Å². The molecule has 0 radical (unpaired) electrons. The number of aryl methyl sites for hydroxylation is 1. The fourth-order valence-electron chi connectivity index (χ4n) is 3.21. The van der Waals surface area contributed by atoms with Crippen molar-refractivity contribution >= 4 is 11.6 Å². The van der Waals surface area contributed by atoms with E-state index < -0.39 is 0 Å². The van der Waals surface area contributed by atoms with Gasteiger partial charge in [-0.1, -0.05) is 37.9 Å². The van der Waals surface area contributed by atoms with E-state index in [0.29, 0.717) is 6.04 Å². The van der Waals surface area contributed by atoms with Gasteiger partial charge in [0.1, 0.15) is 0 Å². The van der Waals surface area contributed by atoms with Crippen LogP contribution in [0, 0.1) is 18.8 Å². The van der Waals surface area contributed by atoms with Crippen LogP contribution < -0.4 is 5.32 Å². The average Bonchev–Trinajstić information content (AvgIpc) is 2.69. The van der Waals surface area contributed by atoms with Crippen LogP contribution in [0.25, 0.3) is 0 Å². The molecule has 18 heavy (non-hydrogen) atoms. The second-order valence-electron chi connectivity index (χ2n) is 5.66. The predicted molar refractivity (Wildman–Crippen MR) is 79.0 cm³/mol. The summed E-state index contributed by atoms with van der Waals surface area (Å²) in [6.45, 7) is 7.81. The fraction of sp³-hybridized carbons (Fsp3) is 0.625. The smallest absolute Gasteiger partial charge is 0.0408 e. The van der Waals surface area contributed by atoms with Crippen molar-refractivity contribution in [2.75, 3.05) is 0 Å². The first kappa shape index (κ1) is 13.9. The standard InChI is InChI=1S/C16H24ClN/c1-4-13-6-8-16(12(13)3)18-10-14-5-7-15(17)9-11(14)2/h5,7,9,12-13,16,18H,4,6,8,10H2,1-3H3. The Kier molecular flexibility index (Phi) is 4.69. The van der Waals surface area contributed by atoms with Gasteiger partial charge in [0.15, 0.2) is 0 Å². The van der Waals surface area contributed by atoms with Crippen molar-refractivity contribution < 1.29 is 0 Å². The minimum atomic E-state index is 0.685.